The summed E-state index contributed by atoms with van der Waals surface area (Å²) in [6, 6.07) is 8.56. The molecule has 1 saturated heterocycles. The highest BCUT2D eigenvalue weighted by Crippen LogP contribution is 2.18. The summed E-state index contributed by atoms with van der Waals surface area (Å²) < 4.78 is 26.3. The van der Waals surface area contributed by atoms with Gasteiger partial charge in [-0.3, -0.25) is 4.79 Å². The van der Waals surface area contributed by atoms with Crippen LogP contribution in [-0.4, -0.2) is 36.2 Å². The number of halogens is 2. The standard InChI is InChI=1S/C12H13F2NO/c13-10-6-11(14)8-15(7-10)12(16)9-4-2-1-3-5-9/h1-5,10-11H,6-8H2/t10-,11-/m0/s1. The Labute approximate surface area is 92.9 Å². The van der Waals surface area contributed by atoms with Crippen LogP contribution < -0.4 is 0 Å². The molecule has 1 aromatic rings. The molecule has 0 unspecified atom stereocenters. The maximum absolute atomic E-state index is 13.1. The molecule has 0 saturated carbocycles. The highest BCUT2D eigenvalue weighted by Gasteiger charge is 2.30. The summed E-state index contributed by atoms with van der Waals surface area (Å²) >= 11 is 0. The third-order valence-corrected chi connectivity index (χ3v) is 2.66. The third kappa shape index (κ3) is 2.38. The first-order chi connectivity index (χ1) is 7.66. The van der Waals surface area contributed by atoms with Crippen molar-refractivity contribution in [3.05, 3.63) is 35.9 Å². The number of rotatable bonds is 1. The summed E-state index contributed by atoms with van der Waals surface area (Å²) in [7, 11) is 0. The number of benzene rings is 1. The Hall–Kier alpha value is -1.45. The first-order valence-electron chi connectivity index (χ1n) is 5.29. The van der Waals surface area contributed by atoms with Crippen LogP contribution in [0.5, 0.6) is 0 Å². The van der Waals surface area contributed by atoms with Crippen LogP contribution in [0.1, 0.15) is 16.8 Å². The topological polar surface area (TPSA) is 20.3 Å². The van der Waals surface area contributed by atoms with Crippen molar-refractivity contribution in [2.24, 2.45) is 0 Å². The second-order valence-corrected chi connectivity index (χ2v) is 4.01. The van der Waals surface area contributed by atoms with E-state index in [2.05, 4.69) is 0 Å². The van der Waals surface area contributed by atoms with Gasteiger partial charge >= 0.3 is 0 Å². The second kappa shape index (κ2) is 4.60. The molecule has 86 valence electrons. The molecule has 0 aromatic heterocycles. The average Bonchev–Trinajstić information content (AvgIpc) is 2.28. The molecule has 1 aliphatic heterocycles. The number of hydrogen-bond acceptors (Lipinski definition) is 1. The second-order valence-electron chi connectivity index (χ2n) is 4.01. The van der Waals surface area contributed by atoms with E-state index in [1.807, 2.05) is 0 Å². The van der Waals surface area contributed by atoms with Gasteiger partial charge in [0.2, 0.25) is 0 Å². The van der Waals surface area contributed by atoms with Gasteiger partial charge in [-0.15, -0.1) is 0 Å². The van der Waals surface area contributed by atoms with Crippen LogP contribution in [0.2, 0.25) is 0 Å². The van der Waals surface area contributed by atoms with E-state index in [-0.39, 0.29) is 25.4 Å². The SMILES string of the molecule is O=C(c1ccccc1)N1C[C@@H](F)C[C@H](F)C1. The average molecular weight is 225 g/mol. The van der Waals surface area contributed by atoms with Crippen molar-refractivity contribution in [3.63, 3.8) is 0 Å². The fraction of sp³-hybridized carbons (Fsp3) is 0.417. The molecule has 1 amide bonds. The number of alkyl halides is 2. The smallest absolute Gasteiger partial charge is 0.254 e. The monoisotopic (exact) mass is 225 g/mol. The van der Waals surface area contributed by atoms with Gasteiger partial charge in [-0.2, -0.15) is 0 Å². The Kier molecular flexibility index (Phi) is 3.17. The molecule has 0 aliphatic carbocycles. The van der Waals surface area contributed by atoms with E-state index in [1.165, 1.54) is 4.90 Å². The lowest BCUT2D eigenvalue weighted by Gasteiger charge is -2.31. The minimum Gasteiger partial charge on any atom is -0.333 e. The van der Waals surface area contributed by atoms with Gasteiger partial charge in [0.25, 0.3) is 5.91 Å². The Balaban J connectivity index is 2.10. The molecule has 4 heteroatoms. The highest BCUT2D eigenvalue weighted by atomic mass is 19.1. The van der Waals surface area contributed by atoms with Gasteiger partial charge in [-0.05, 0) is 12.1 Å². The summed E-state index contributed by atoms with van der Waals surface area (Å²) in [5.74, 6) is -0.300. The van der Waals surface area contributed by atoms with E-state index in [9.17, 15) is 13.6 Å². The van der Waals surface area contributed by atoms with Gasteiger partial charge in [0.05, 0.1) is 13.1 Å². The first-order valence-corrected chi connectivity index (χ1v) is 5.29. The lowest BCUT2D eigenvalue weighted by Crippen LogP contribution is -2.45. The number of carbonyl (C=O) groups excluding carboxylic acids is 1. The molecule has 2 nitrogen and oxygen atoms in total. The van der Waals surface area contributed by atoms with Gasteiger partial charge in [-0.25, -0.2) is 8.78 Å². The predicted molar refractivity (Wildman–Crippen MR) is 56.8 cm³/mol. The van der Waals surface area contributed by atoms with E-state index < -0.39 is 12.3 Å². The maximum atomic E-state index is 13.1. The molecule has 0 N–H and O–H groups in total. The molecule has 0 radical (unpaired) electrons. The number of likely N-dealkylation sites (tertiary alicyclic amines) is 1. The number of carbonyl (C=O) groups is 1. The largest absolute Gasteiger partial charge is 0.333 e. The van der Waals surface area contributed by atoms with Crippen molar-refractivity contribution in [1.29, 1.82) is 0 Å². The first kappa shape index (κ1) is 11.0. The molecule has 0 bridgehead atoms. The van der Waals surface area contributed by atoms with E-state index in [4.69, 9.17) is 0 Å². The van der Waals surface area contributed by atoms with E-state index in [0.29, 0.717) is 5.56 Å². The van der Waals surface area contributed by atoms with Gasteiger partial charge < -0.3 is 4.90 Å². The van der Waals surface area contributed by atoms with Crippen molar-refractivity contribution < 1.29 is 13.6 Å². The molecular weight excluding hydrogens is 212 g/mol. The van der Waals surface area contributed by atoms with Gasteiger partial charge in [-0.1, -0.05) is 18.2 Å². The summed E-state index contributed by atoms with van der Waals surface area (Å²) in [5.41, 5.74) is 0.476. The molecule has 1 aromatic carbocycles. The Morgan fingerprint density at radius 1 is 1.12 bits per heavy atom. The summed E-state index contributed by atoms with van der Waals surface area (Å²) in [6.07, 6.45) is -2.61. The lowest BCUT2D eigenvalue weighted by atomic mass is 10.1. The Morgan fingerprint density at radius 3 is 2.25 bits per heavy atom. The van der Waals surface area contributed by atoms with Crippen molar-refractivity contribution in [3.8, 4) is 0 Å². The van der Waals surface area contributed by atoms with Crippen molar-refractivity contribution in [2.45, 2.75) is 18.8 Å². The number of hydrogen-bond donors (Lipinski definition) is 0. The fourth-order valence-corrected chi connectivity index (χ4v) is 1.91. The number of piperidine rings is 1. The third-order valence-electron chi connectivity index (χ3n) is 2.66. The summed E-state index contributed by atoms with van der Waals surface area (Å²) in [5, 5.41) is 0. The van der Waals surface area contributed by atoms with Crippen molar-refractivity contribution in [1.82, 2.24) is 4.90 Å². The van der Waals surface area contributed by atoms with Crippen LogP contribution in [0, 0.1) is 0 Å². The van der Waals surface area contributed by atoms with E-state index >= 15 is 0 Å². The zero-order chi connectivity index (χ0) is 11.5. The fourth-order valence-electron chi connectivity index (χ4n) is 1.91. The van der Waals surface area contributed by atoms with E-state index in [1.54, 1.807) is 30.3 Å². The molecule has 1 heterocycles. The Bertz CT molecular complexity index is 359. The summed E-state index contributed by atoms with van der Waals surface area (Å²) in [4.78, 5) is 13.1. The molecule has 0 spiro atoms. The van der Waals surface area contributed by atoms with Crippen molar-refractivity contribution >= 4 is 5.91 Å². The maximum Gasteiger partial charge on any atom is 0.254 e. The van der Waals surface area contributed by atoms with Crippen molar-refractivity contribution in [2.75, 3.05) is 13.1 Å². The number of nitrogens with zero attached hydrogens (tertiary/aromatic N) is 1. The van der Waals surface area contributed by atoms with Crippen LogP contribution >= 0.6 is 0 Å². The normalized spacial score (nSPS) is 25.5. The Morgan fingerprint density at radius 2 is 1.69 bits per heavy atom. The highest BCUT2D eigenvalue weighted by molar-refractivity contribution is 5.94. The van der Waals surface area contributed by atoms with Gasteiger partial charge in [0.15, 0.2) is 0 Å². The quantitative estimate of drug-likeness (QED) is 0.717. The molecule has 1 fully saturated rings. The van der Waals surface area contributed by atoms with Crippen LogP contribution in [0.25, 0.3) is 0 Å². The summed E-state index contributed by atoms with van der Waals surface area (Å²) in [6.45, 7) is -0.0116. The zero-order valence-corrected chi connectivity index (χ0v) is 8.77. The predicted octanol–water partition coefficient (Wildman–Crippen LogP) is 2.21. The molecule has 1 aliphatic rings. The minimum absolute atomic E-state index is 0.00581. The molecule has 16 heavy (non-hydrogen) atoms. The molecule has 2 atom stereocenters. The minimum atomic E-state index is -1.25. The van der Waals surface area contributed by atoms with Crippen LogP contribution in [0.15, 0.2) is 30.3 Å². The van der Waals surface area contributed by atoms with Crippen LogP contribution in [-0.2, 0) is 0 Å². The van der Waals surface area contributed by atoms with E-state index in [0.717, 1.165) is 0 Å². The zero-order valence-electron chi connectivity index (χ0n) is 8.77. The van der Waals surface area contributed by atoms with Gasteiger partial charge in [0, 0.05) is 12.0 Å². The lowest BCUT2D eigenvalue weighted by molar-refractivity contribution is 0.0469. The molecule has 2 rings (SSSR count). The van der Waals surface area contributed by atoms with Crippen LogP contribution in [0.4, 0.5) is 8.78 Å². The molecular formula is C12H13F2NO. The van der Waals surface area contributed by atoms with Crippen LogP contribution in [0.3, 0.4) is 0 Å². The van der Waals surface area contributed by atoms with Gasteiger partial charge in [0.1, 0.15) is 12.3 Å². The number of amides is 1.